The van der Waals surface area contributed by atoms with Gasteiger partial charge in [-0.1, -0.05) is 26.0 Å². The lowest BCUT2D eigenvalue weighted by Gasteiger charge is -2.33. The van der Waals surface area contributed by atoms with Gasteiger partial charge in [0, 0.05) is 23.9 Å². The van der Waals surface area contributed by atoms with Crippen molar-refractivity contribution in [1.82, 2.24) is 25.2 Å². The van der Waals surface area contributed by atoms with Crippen LogP contribution in [0.15, 0.2) is 36.5 Å². The van der Waals surface area contributed by atoms with Crippen LogP contribution in [-0.2, 0) is 29.1 Å². The molecule has 0 spiro atoms. The quantitative estimate of drug-likeness (QED) is 0.322. The first-order valence-corrected chi connectivity index (χ1v) is 20.8. The second kappa shape index (κ2) is 15.4. The van der Waals surface area contributed by atoms with Gasteiger partial charge in [-0.3, -0.25) is 19.1 Å². The summed E-state index contributed by atoms with van der Waals surface area (Å²) in [4.78, 5) is 62.4. The van der Waals surface area contributed by atoms with Crippen LogP contribution in [0, 0.1) is 17.8 Å². The normalized spacial score (nSPS) is 29.7. The van der Waals surface area contributed by atoms with Crippen molar-refractivity contribution in [2.75, 3.05) is 20.8 Å². The molecule has 4 amide bonds. The molecule has 2 saturated carbocycles. The molecule has 1 aromatic heterocycles. The van der Waals surface area contributed by atoms with Crippen LogP contribution in [-0.4, -0.2) is 97.0 Å². The van der Waals surface area contributed by atoms with Gasteiger partial charge in [0.2, 0.25) is 27.7 Å². The number of alkyl carbamates (subject to hydrolysis) is 1. The summed E-state index contributed by atoms with van der Waals surface area (Å²) < 4.78 is 50.7. The highest BCUT2D eigenvalue weighted by atomic mass is 32.2. The Kier molecular flexibility index (Phi) is 11.3. The Morgan fingerprint density at radius 3 is 2.41 bits per heavy atom. The average Bonchev–Trinajstić information content (AvgIpc) is 4.00. The molecule has 3 heterocycles. The zero-order valence-electron chi connectivity index (χ0n) is 33.5. The highest BCUT2D eigenvalue weighted by Gasteiger charge is 2.63. The number of amides is 4. The number of carbonyl (C=O) groups excluding carboxylic acids is 4. The number of pyridine rings is 1. The largest absolute Gasteiger partial charge is 0.493 e. The fourth-order valence-corrected chi connectivity index (χ4v) is 9.07. The van der Waals surface area contributed by atoms with Crippen LogP contribution in [0.2, 0.25) is 0 Å². The smallest absolute Gasteiger partial charge is 0.408 e. The predicted octanol–water partition coefficient (Wildman–Crippen LogP) is 4.38. The van der Waals surface area contributed by atoms with E-state index in [1.165, 1.54) is 19.1 Å². The number of carbonyl (C=O) groups is 4. The molecule has 4 aliphatic rings. The van der Waals surface area contributed by atoms with E-state index in [-0.39, 0.29) is 37.1 Å². The minimum Gasteiger partial charge on any atom is -0.493 e. The summed E-state index contributed by atoms with van der Waals surface area (Å²) in [7, 11) is -0.951. The lowest BCUT2D eigenvalue weighted by atomic mass is 9.88. The summed E-state index contributed by atoms with van der Waals surface area (Å²) in [5.74, 6) is -1.41. The second-order valence-electron chi connectivity index (χ2n) is 17.1. The minimum absolute atomic E-state index is 0.0153. The maximum absolute atomic E-state index is 14.8. The highest BCUT2D eigenvalue weighted by Crippen LogP contribution is 2.48. The summed E-state index contributed by atoms with van der Waals surface area (Å²) in [6, 6.07) is 3.12. The molecule has 0 radical (unpaired) electrons. The first-order chi connectivity index (χ1) is 26.3. The molecule has 56 heavy (non-hydrogen) atoms. The molecular weight excluding hydrogens is 743 g/mol. The summed E-state index contributed by atoms with van der Waals surface area (Å²) >= 11 is 0. The fourth-order valence-electron chi connectivity index (χ4n) is 7.76. The van der Waals surface area contributed by atoms with E-state index in [2.05, 4.69) is 27.3 Å². The van der Waals surface area contributed by atoms with E-state index in [1.807, 2.05) is 19.1 Å². The summed E-state index contributed by atoms with van der Waals surface area (Å²) in [5.41, 5.74) is -2.37. The van der Waals surface area contributed by atoms with E-state index in [4.69, 9.17) is 18.9 Å². The lowest BCUT2D eigenvalue weighted by molar-refractivity contribution is -0.142. The fraction of sp³-hybridized carbons (Fsp3) is 0.625. The molecule has 1 saturated heterocycles. The number of aromatic nitrogens is 1. The van der Waals surface area contributed by atoms with E-state index < -0.39 is 73.8 Å². The van der Waals surface area contributed by atoms with Gasteiger partial charge in [0.15, 0.2) is 11.5 Å². The number of nitrogens with one attached hydrogen (secondary N) is 3. The number of nitrogens with zero attached hydrogens (tertiary/aromatic N) is 2. The minimum atomic E-state index is -4.01. The molecule has 0 unspecified atom stereocenters. The third-order valence-electron chi connectivity index (χ3n) is 11.4. The molecular formula is C40H55N5O10S. The van der Waals surface area contributed by atoms with Gasteiger partial charge in [-0.2, -0.15) is 0 Å². The topological polar surface area (TPSA) is 192 Å². The molecule has 15 nitrogen and oxygen atoms in total. The van der Waals surface area contributed by atoms with Crippen molar-refractivity contribution in [3.63, 3.8) is 0 Å². The molecule has 16 heteroatoms. The van der Waals surface area contributed by atoms with Crippen molar-refractivity contribution < 1.29 is 46.5 Å². The average molecular weight is 798 g/mol. The van der Waals surface area contributed by atoms with Gasteiger partial charge in [-0.25, -0.2) is 18.2 Å². The molecule has 3 fully saturated rings. The Morgan fingerprint density at radius 2 is 1.75 bits per heavy atom. The van der Waals surface area contributed by atoms with Gasteiger partial charge in [-0.05, 0) is 102 Å². The number of hydrogen-bond donors (Lipinski definition) is 3. The van der Waals surface area contributed by atoms with E-state index in [1.54, 1.807) is 52.1 Å². The number of sulfonamides is 1. The molecule has 306 valence electrons. The molecule has 6 rings (SSSR count). The van der Waals surface area contributed by atoms with E-state index in [0.29, 0.717) is 42.6 Å². The van der Waals surface area contributed by atoms with Crippen LogP contribution in [0.5, 0.6) is 17.4 Å². The Hall–Kier alpha value is -4.60. The van der Waals surface area contributed by atoms with Crippen molar-refractivity contribution in [3.8, 4) is 17.4 Å². The Morgan fingerprint density at radius 1 is 1.05 bits per heavy atom. The Balaban J connectivity index is 1.36. The van der Waals surface area contributed by atoms with Crippen molar-refractivity contribution >= 4 is 44.6 Å². The zero-order chi connectivity index (χ0) is 40.8. The molecule has 2 aliphatic heterocycles. The number of fused-ring (bicyclic) bond motifs is 3. The van der Waals surface area contributed by atoms with Crippen LogP contribution in [0.1, 0.15) is 86.5 Å². The summed E-state index contributed by atoms with van der Waals surface area (Å²) in [6.45, 7) is 10.7. The van der Waals surface area contributed by atoms with Gasteiger partial charge in [-0.15, -0.1) is 0 Å². The highest BCUT2D eigenvalue weighted by molar-refractivity contribution is 7.91. The lowest BCUT2D eigenvalue weighted by Crippen LogP contribution is -2.59. The van der Waals surface area contributed by atoms with E-state index >= 15 is 0 Å². The molecule has 3 N–H and O–H groups in total. The van der Waals surface area contributed by atoms with Crippen LogP contribution in [0.3, 0.4) is 0 Å². The first kappa shape index (κ1) is 41.0. The Labute approximate surface area is 328 Å². The van der Waals surface area contributed by atoms with Crippen molar-refractivity contribution in [2.24, 2.45) is 17.8 Å². The second-order valence-corrected chi connectivity index (χ2v) is 19.3. The van der Waals surface area contributed by atoms with E-state index in [9.17, 15) is 27.6 Å². The summed E-state index contributed by atoms with van der Waals surface area (Å²) in [6.07, 6.45) is 6.97. The number of benzene rings is 1. The Bertz CT molecular complexity index is 2010. The standard InChI is InChI=1S/C40H55N5O10S/c1-23-11-9-10-12-26-21-40(26,36(48)44-56(50,51)39(6)14-15-39)43-33(46)29-19-27(54-34-28-20-31(53-8)30(52-7)18-25(28)13-16-41-34)22-45(29)35(47)32(24(2)17-23)42-37(49)55-38(3,4)5/h10,12-13,16,18,20,23-24,26-27,29,32H,9,11,14-15,17,19,21-22H2,1-8H3,(H,42,49)(H,43,46)(H,44,48)/b12-10-/t23-,24+,26+,27+,29-,32-,40+/m0/s1. The third kappa shape index (κ3) is 8.54. The van der Waals surface area contributed by atoms with Gasteiger partial charge < -0.3 is 34.5 Å². The van der Waals surface area contributed by atoms with Crippen molar-refractivity contribution in [3.05, 3.63) is 36.5 Å². The summed E-state index contributed by atoms with van der Waals surface area (Å²) in [5, 5.41) is 7.08. The third-order valence-corrected chi connectivity index (χ3v) is 13.6. The van der Waals surface area contributed by atoms with E-state index in [0.717, 1.165) is 11.8 Å². The van der Waals surface area contributed by atoms with Gasteiger partial charge >= 0.3 is 6.09 Å². The first-order valence-electron chi connectivity index (χ1n) is 19.3. The molecule has 0 bridgehead atoms. The van der Waals surface area contributed by atoms with Crippen molar-refractivity contribution in [2.45, 2.75) is 121 Å². The van der Waals surface area contributed by atoms with Gasteiger partial charge in [0.05, 0.1) is 25.5 Å². The van der Waals surface area contributed by atoms with Crippen molar-refractivity contribution in [1.29, 1.82) is 0 Å². The molecule has 2 aromatic rings. The van der Waals surface area contributed by atoms with Crippen LogP contribution in [0.25, 0.3) is 10.8 Å². The SMILES string of the molecule is COc1cc2ccnc(O[C@@H]3C[C@H]4C(=O)N[C@]5(C(=O)NS(=O)(=O)C6(C)CC6)C[C@H]5/C=C\CC[C@H](C)C[C@@H](C)[C@H](NC(=O)OC(C)(C)C)C(=O)N4C3)c2cc1OC. The predicted molar refractivity (Wildman–Crippen MR) is 208 cm³/mol. The number of methoxy groups -OCH3 is 2. The zero-order valence-corrected chi connectivity index (χ0v) is 34.3. The maximum Gasteiger partial charge on any atom is 0.408 e. The number of allylic oxidation sites excluding steroid dienone is 1. The van der Waals surface area contributed by atoms with Gasteiger partial charge in [0.1, 0.15) is 29.3 Å². The molecule has 2 aliphatic carbocycles. The molecule has 1 aromatic carbocycles. The van der Waals surface area contributed by atoms with Crippen LogP contribution in [0.4, 0.5) is 4.79 Å². The monoisotopic (exact) mass is 797 g/mol. The van der Waals surface area contributed by atoms with Gasteiger partial charge in [0.25, 0.3) is 5.91 Å². The molecule has 7 atom stereocenters. The number of rotatable bonds is 8. The van der Waals surface area contributed by atoms with Crippen LogP contribution >= 0.6 is 0 Å². The maximum atomic E-state index is 14.8. The van der Waals surface area contributed by atoms with Crippen LogP contribution < -0.4 is 29.6 Å². The number of ether oxygens (including phenoxy) is 4. The number of hydrogen-bond acceptors (Lipinski definition) is 11.